The molecule has 2 rings (SSSR count). The van der Waals surface area contributed by atoms with Gasteiger partial charge in [-0.3, -0.25) is 0 Å². The smallest absolute Gasteiger partial charge is 0.125 e. The SMILES string of the molecule is Cn1ccnc1C(N)Cc1ccc(I)cc1. The number of hydrogen-bond donors (Lipinski definition) is 1. The van der Waals surface area contributed by atoms with Gasteiger partial charge in [0.05, 0.1) is 6.04 Å². The molecular formula is C12H14IN3. The highest BCUT2D eigenvalue weighted by Crippen LogP contribution is 2.15. The molecule has 0 saturated carbocycles. The Labute approximate surface area is 109 Å². The molecule has 1 atom stereocenters. The van der Waals surface area contributed by atoms with Gasteiger partial charge < -0.3 is 10.3 Å². The van der Waals surface area contributed by atoms with E-state index in [1.807, 2.05) is 17.8 Å². The van der Waals surface area contributed by atoms with Gasteiger partial charge in [0.15, 0.2) is 0 Å². The van der Waals surface area contributed by atoms with Crippen molar-refractivity contribution in [2.75, 3.05) is 0 Å². The standard InChI is InChI=1S/C12H14IN3/c1-16-7-6-15-12(16)11(14)8-9-2-4-10(13)5-3-9/h2-7,11H,8,14H2,1H3. The summed E-state index contributed by atoms with van der Waals surface area (Å²) in [5.74, 6) is 0.929. The summed E-state index contributed by atoms with van der Waals surface area (Å²) in [4.78, 5) is 4.27. The summed E-state index contributed by atoms with van der Waals surface area (Å²) in [5, 5.41) is 0. The lowest BCUT2D eigenvalue weighted by atomic mass is 10.1. The molecule has 2 aromatic rings. The number of rotatable bonds is 3. The van der Waals surface area contributed by atoms with Gasteiger partial charge in [-0.1, -0.05) is 12.1 Å². The van der Waals surface area contributed by atoms with Crippen LogP contribution in [0.1, 0.15) is 17.4 Å². The predicted molar refractivity (Wildman–Crippen MR) is 73.0 cm³/mol. The van der Waals surface area contributed by atoms with Gasteiger partial charge in [0, 0.05) is 23.0 Å². The number of aromatic nitrogens is 2. The van der Waals surface area contributed by atoms with Gasteiger partial charge in [-0.2, -0.15) is 0 Å². The summed E-state index contributed by atoms with van der Waals surface area (Å²) < 4.78 is 3.21. The van der Waals surface area contributed by atoms with Crippen molar-refractivity contribution in [1.29, 1.82) is 0 Å². The van der Waals surface area contributed by atoms with Crippen LogP contribution in [-0.4, -0.2) is 9.55 Å². The lowest BCUT2D eigenvalue weighted by molar-refractivity contribution is 0.632. The van der Waals surface area contributed by atoms with Crippen LogP contribution in [0.25, 0.3) is 0 Å². The van der Waals surface area contributed by atoms with E-state index < -0.39 is 0 Å². The minimum Gasteiger partial charge on any atom is -0.337 e. The maximum Gasteiger partial charge on any atom is 0.125 e. The van der Waals surface area contributed by atoms with E-state index in [1.54, 1.807) is 6.20 Å². The molecule has 0 radical (unpaired) electrons. The summed E-state index contributed by atoms with van der Waals surface area (Å²) >= 11 is 2.30. The Kier molecular flexibility index (Phi) is 3.60. The normalized spacial score (nSPS) is 12.7. The maximum absolute atomic E-state index is 6.13. The number of halogens is 1. The van der Waals surface area contributed by atoms with Crippen molar-refractivity contribution in [1.82, 2.24) is 9.55 Å². The molecule has 1 aromatic carbocycles. The largest absolute Gasteiger partial charge is 0.337 e. The molecule has 3 nitrogen and oxygen atoms in total. The third-order valence-corrected chi connectivity index (χ3v) is 3.28. The zero-order valence-corrected chi connectivity index (χ0v) is 11.3. The summed E-state index contributed by atoms with van der Waals surface area (Å²) in [6.07, 6.45) is 4.52. The highest BCUT2D eigenvalue weighted by atomic mass is 127. The van der Waals surface area contributed by atoms with Crippen molar-refractivity contribution in [3.05, 3.63) is 51.6 Å². The lowest BCUT2D eigenvalue weighted by Crippen LogP contribution is -2.17. The van der Waals surface area contributed by atoms with Crippen LogP contribution in [-0.2, 0) is 13.5 Å². The van der Waals surface area contributed by atoms with E-state index in [9.17, 15) is 0 Å². The summed E-state index contributed by atoms with van der Waals surface area (Å²) in [7, 11) is 1.97. The molecule has 1 aromatic heterocycles. The fourth-order valence-electron chi connectivity index (χ4n) is 1.70. The van der Waals surface area contributed by atoms with Crippen LogP contribution >= 0.6 is 22.6 Å². The summed E-state index contributed by atoms with van der Waals surface area (Å²) in [6, 6.07) is 8.39. The van der Waals surface area contributed by atoms with E-state index in [0.717, 1.165) is 12.2 Å². The van der Waals surface area contributed by atoms with E-state index in [0.29, 0.717) is 0 Å². The monoisotopic (exact) mass is 327 g/mol. The molecule has 2 N–H and O–H groups in total. The number of benzene rings is 1. The first kappa shape index (κ1) is 11.6. The van der Waals surface area contributed by atoms with Crippen LogP contribution in [0.5, 0.6) is 0 Å². The topological polar surface area (TPSA) is 43.8 Å². The van der Waals surface area contributed by atoms with Gasteiger partial charge in [0.2, 0.25) is 0 Å². The van der Waals surface area contributed by atoms with Crippen LogP contribution < -0.4 is 5.73 Å². The van der Waals surface area contributed by atoms with E-state index in [-0.39, 0.29) is 6.04 Å². The fourth-order valence-corrected chi connectivity index (χ4v) is 2.06. The second-order valence-electron chi connectivity index (χ2n) is 3.83. The molecule has 0 saturated heterocycles. The second-order valence-corrected chi connectivity index (χ2v) is 5.08. The minimum atomic E-state index is -0.0416. The van der Waals surface area contributed by atoms with E-state index >= 15 is 0 Å². The summed E-state index contributed by atoms with van der Waals surface area (Å²) in [5.41, 5.74) is 7.37. The second kappa shape index (κ2) is 4.97. The van der Waals surface area contributed by atoms with Crippen LogP contribution in [0.4, 0.5) is 0 Å². The molecule has 0 aliphatic carbocycles. The average molecular weight is 327 g/mol. The van der Waals surface area contributed by atoms with Crippen molar-refractivity contribution in [3.8, 4) is 0 Å². The van der Waals surface area contributed by atoms with Crippen molar-refractivity contribution in [2.24, 2.45) is 12.8 Å². The first-order valence-electron chi connectivity index (χ1n) is 5.14. The van der Waals surface area contributed by atoms with Gasteiger partial charge in [0.1, 0.15) is 5.82 Å². The van der Waals surface area contributed by atoms with Gasteiger partial charge >= 0.3 is 0 Å². The Bertz CT molecular complexity index is 461. The van der Waals surface area contributed by atoms with Crippen molar-refractivity contribution >= 4 is 22.6 Å². The Morgan fingerprint density at radius 3 is 2.62 bits per heavy atom. The molecule has 4 heteroatoms. The number of nitrogens with two attached hydrogens (primary N) is 1. The average Bonchev–Trinajstić information content (AvgIpc) is 2.68. The van der Waals surface area contributed by atoms with Crippen molar-refractivity contribution < 1.29 is 0 Å². The highest BCUT2D eigenvalue weighted by Gasteiger charge is 2.11. The van der Waals surface area contributed by atoms with Crippen molar-refractivity contribution in [3.63, 3.8) is 0 Å². The van der Waals surface area contributed by atoms with Gasteiger partial charge in [-0.15, -0.1) is 0 Å². The van der Waals surface area contributed by atoms with E-state index in [2.05, 4.69) is 51.8 Å². The third kappa shape index (κ3) is 2.62. The van der Waals surface area contributed by atoms with Gasteiger partial charge in [-0.05, 0) is 46.7 Å². The molecule has 1 heterocycles. The van der Waals surface area contributed by atoms with Gasteiger partial charge in [0.25, 0.3) is 0 Å². The van der Waals surface area contributed by atoms with Crippen molar-refractivity contribution in [2.45, 2.75) is 12.5 Å². The van der Waals surface area contributed by atoms with Gasteiger partial charge in [-0.25, -0.2) is 4.98 Å². The van der Waals surface area contributed by atoms with Crippen LogP contribution in [0.15, 0.2) is 36.7 Å². The predicted octanol–water partition coefficient (Wildman–Crippen LogP) is 2.27. The molecule has 0 aliphatic heterocycles. The van der Waals surface area contributed by atoms with Crippen LogP contribution in [0, 0.1) is 3.57 Å². The third-order valence-electron chi connectivity index (χ3n) is 2.56. The quantitative estimate of drug-likeness (QED) is 0.879. The minimum absolute atomic E-state index is 0.0416. The van der Waals surface area contributed by atoms with Crippen LogP contribution in [0.3, 0.4) is 0 Å². The first-order valence-corrected chi connectivity index (χ1v) is 6.22. The molecule has 0 aliphatic rings. The molecule has 0 fully saturated rings. The number of aryl methyl sites for hydroxylation is 1. The fraction of sp³-hybridized carbons (Fsp3) is 0.250. The highest BCUT2D eigenvalue weighted by molar-refractivity contribution is 14.1. The Morgan fingerprint density at radius 2 is 2.06 bits per heavy atom. The first-order chi connectivity index (χ1) is 7.66. The van der Waals surface area contributed by atoms with E-state index in [4.69, 9.17) is 5.73 Å². The zero-order chi connectivity index (χ0) is 11.5. The molecule has 0 amide bonds. The Hall–Kier alpha value is -0.880. The molecule has 16 heavy (non-hydrogen) atoms. The van der Waals surface area contributed by atoms with E-state index in [1.165, 1.54) is 9.13 Å². The Balaban J connectivity index is 2.10. The zero-order valence-electron chi connectivity index (χ0n) is 9.10. The van der Waals surface area contributed by atoms with Crippen LogP contribution in [0.2, 0.25) is 0 Å². The number of nitrogens with zero attached hydrogens (tertiary/aromatic N) is 2. The molecule has 1 unspecified atom stereocenters. The summed E-state index contributed by atoms with van der Waals surface area (Å²) in [6.45, 7) is 0. The lowest BCUT2D eigenvalue weighted by Gasteiger charge is -2.11. The maximum atomic E-state index is 6.13. The Morgan fingerprint density at radius 1 is 1.38 bits per heavy atom. The molecule has 84 valence electrons. The molecule has 0 spiro atoms. The molecular weight excluding hydrogens is 313 g/mol. The number of hydrogen-bond acceptors (Lipinski definition) is 2. The molecule has 0 bridgehead atoms. The number of imidazole rings is 1.